The van der Waals surface area contributed by atoms with Crippen LogP contribution in [0.25, 0.3) is 0 Å². The van der Waals surface area contributed by atoms with Gasteiger partial charge in [-0.15, -0.1) is 11.8 Å². The van der Waals surface area contributed by atoms with E-state index in [-0.39, 0.29) is 17.9 Å². The van der Waals surface area contributed by atoms with Crippen LogP contribution in [-0.2, 0) is 16.1 Å². The predicted octanol–water partition coefficient (Wildman–Crippen LogP) is 2.74. The first-order valence-electron chi connectivity index (χ1n) is 7.95. The van der Waals surface area contributed by atoms with Gasteiger partial charge in [0, 0.05) is 41.8 Å². The molecule has 2 aromatic rings. The molecule has 3 rings (SSSR count). The number of rotatable bonds is 6. The summed E-state index contributed by atoms with van der Waals surface area (Å²) in [6.45, 7) is 0.979. The number of nitrogens with one attached hydrogen (secondary N) is 1. The number of aromatic nitrogens is 1. The molecule has 1 saturated heterocycles. The average molecular weight is 376 g/mol. The molecule has 7 heteroatoms. The van der Waals surface area contributed by atoms with Crippen molar-refractivity contribution in [1.29, 1.82) is 0 Å². The molecule has 1 fully saturated rings. The molecule has 5 nitrogen and oxygen atoms in total. The van der Waals surface area contributed by atoms with Crippen LogP contribution >= 0.6 is 23.4 Å². The van der Waals surface area contributed by atoms with Crippen LogP contribution in [-0.4, -0.2) is 40.0 Å². The van der Waals surface area contributed by atoms with Crippen molar-refractivity contribution < 1.29 is 9.59 Å². The van der Waals surface area contributed by atoms with E-state index < -0.39 is 0 Å². The summed E-state index contributed by atoms with van der Waals surface area (Å²) < 4.78 is 0. The molecule has 0 unspecified atom stereocenters. The van der Waals surface area contributed by atoms with Gasteiger partial charge >= 0.3 is 0 Å². The van der Waals surface area contributed by atoms with Crippen molar-refractivity contribution in [3.8, 4) is 0 Å². The van der Waals surface area contributed by atoms with Crippen molar-refractivity contribution in [2.45, 2.75) is 23.9 Å². The van der Waals surface area contributed by atoms with Crippen LogP contribution in [0.1, 0.15) is 12.0 Å². The minimum Gasteiger partial charge on any atom is -0.350 e. The van der Waals surface area contributed by atoms with Gasteiger partial charge in [-0.25, -0.2) is 0 Å². The number of amides is 2. The minimum atomic E-state index is -0.152. The van der Waals surface area contributed by atoms with Crippen LogP contribution in [0.5, 0.6) is 0 Å². The van der Waals surface area contributed by atoms with E-state index in [1.54, 1.807) is 17.3 Å². The van der Waals surface area contributed by atoms with Crippen LogP contribution in [0, 0.1) is 0 Å². The molecule has 1 atom stereocenters. The van der Waals surface area contributed by atoms with Gasteiger partial charge in [-0.2, -0.15) is 0 Å². The van der Waals surface area contributed by atoms with E-state index >= 15 is 0 Å². The van der Waals surface area contributed by atoms with Crippen LogP contribution < -0.4 is 5.32 Å². The topological polar surface area (TPSA) is 62.3 Å². The molecule has 0 aliphatic carbocycles. The summed E-state index contributed by atoms with van der Waals surface area (Å²) in [5.74, 6) is 0.283. The fourth-order valence-electron chi connectivity index (χ4n) is 2.71. The second kappa shape index (κ2) is 8.36. The van der Waals surface area contributed by atoms with Gasteiger partial charge in [0.15, 0.2) is 0 Å². The fourth-order valence-corrected chi connectivity index (χ4v) is 3.60. The highest BCUT2D eigenvalue weighted by Gasteiger charge is 2.30. The van der Waals surface area contributed by atoms with E-state index in [2.05, 4.69) is 10.3 Å². The summed E-state index contributed by atoms with van der Waals surface area (Å²) in [5, 5.41) is 3.59. The number of carbonyl (C=O) groups excluding carboxylic acids is 2. The maximum atomic E-state index is 12.2. The number of nitrogens with zero attached hydrogens (tertiary/aromatic N) is 2. The Morgan fingerprint density at radius 1 is 1.28 bits per heavy atom. The van der Waals surface area contributed by atoms with Crippen LogP contribution in [0.4, 0.5) is 0 Å². The van der Waals surface area contributed by atoms with Crippen LogP contribution in [0.2, 0.25) is 5.02 Å². The maximum absolute atomic E-state index is 12.2. The molecule has 0 spiro atoms. The van der Waals surface area contributed by atoms with Crippen molar-refractivity contribution in [2.75, 3.05) is 12.3 Å². The summed E-state index contributed by atoms with van der Waals surface area (Å²) in [6, 6.07) is 11.1. The molecular formula is C18H18ClN3O2S. The first-order chi connectivity index (χ1) is 12.1. The molecule has 0 saturated carbocycles. The molecule has 2 heterocycles. The van der Waals surface area contributed by atoms with Crippen molar-refractivity contribution in [3.05, 3.63) is 59.4 Å². The fraction of sp³-hybridized carbons (Fsp3) is 0.278. The summed E-state index contributed by atoms with van der Waals surface area (Å²) >= 11 is 7.61. The van der Waals surface area contributed by atoms with E-state index in [0.29, 0.717) is 30.3 Å². The number of halogens is 1. The number of carbonyl (C=O) groups is 2. The van der Waals surface area contributed by atoms with E-state index in [1.165, 1.54) is 11.8 Å². The van der Waals surface area contributed by atoms with E-state index in [1.807, 2.05) is 36.4 Å². The summed E-state index contributed by atoms with van der Waals surface area (Å²) in [5.41, 5.74) is 0.915. The first kappa shape index (κ1) is 17.8. The molecule has 1 aromatic carbocycles. The van der Waals surface area contributed by atoms with E-state index in [4.69, 9.17) is 11.6 Å². The van der Waals surface area contributed by atoms with Crippen molar-refractivity contribution in [3.63, 3.8) is 0 Å². The zero-order chi connectivity index (χ0) is 17.6. The van der Waals surface area contributed by atoms with Gasteiger partial charge in [0.2, 0.25) is 11.8 Å². The quantitative estimate of drug-likeness (QED) is 0.788. The molecule has 25 heavy (non-hydrogen) atoms. The van der Waals surface area contributed by atoms with Crippen molar-refractivity contribution in [2.24, 2.45) is 0 Å². The smallest absolute Gasteiger partial charge is 0.230 e. The number of benzene rings is 1. The Kier molecular flexibility index (Phi) is 5.94. The lowest BCUT2D eigenvalue weighted by Gasteiger charge is -2.18. The van der Waals surface area contributed by atoms with Gasteiger partial charge in [-0.1, -0.05) is 29.8 Å². The van der Waals surface area contributed by atoms with Crippen molar-refractivity contribution >= 4 is 35.2 Å². The highest BCUT2D eigenvalue weighted by Crippen LogP contribution is 2.21. The van der Waals surface area contributed by atoms with Gasteiger partial charge in [0.25, 0.3) is 0 Å². The number of hydrogen-bond donors (Lipinski definition) is 1. The molecule has 1 aliphatic heterocycles. The van der Waals surface area contributed by atoms with Gasteiger partial charge in [-0.3, -0.25) is 14.6 Å². The monoisotopic (exact) mass is 375 g/mol. The number of hydrogen-bond acceptors (Lipinski definition) is 4. The maximum Gasteiger partial charge on any atom is 0.230 e. The second-order valence-electron chi connectivity index (χ2n) is 5.81. The lowest BCUT2D eigenvalue weighted by atomic mass is 10.2. The van der Waals surface area contributed by atoms with Crippen LogP contribution in [0.3, 0.4) is 0 Å². The molecule has 0 radical (unpaired) electrons. The standard InChI is InChI=1S/C18H18ClN3O2S/c19-16-4-2-1-3-13(16)10-22-11-14(9-18(22)24)21-17(23)12-25-15-5-7-20-8-6-15/h1-8,14H,9-12H2,(H,21,23)/t14-/m1/s1. The zero-order valence-electron chi connectivity index (χ0n) is 13.5. The molecular weight excluding hydrogens is 358 g/mol. The summed E-state index contributed by atoms with van der Waals surface area (Å²) in [7, 11) is 0. The second-order valence-corrected chi connectivity index (χ2v) is 7.26. The lowest BCUT2D eigenvalue weighted by molar-refractivity contribution is -0.128. The summed E-state index contributed by atoms with van der Waals surface area (Å²) in [6.07, 6.45) is 3.72. The third-order valence-electron chi connectivity index (χ3n) is 3.92. The Hall–Kier alpha value is -2.05. The molecule has 1 aliphatic rings. The normalized spacial score (nSPS) is 16.9. The molecule has 130 valence electrons. The van der Waals surface area contributed by atoms with Crippen molar-refractivity contribution in [1.82, 2.24) is 15.2 Å². The Bertz CT molecular complexity index is 757. The Morgan fingerprint density at radius 2 is 2.04 bits per heavy atom. The molecule has 1 aromatic heterocycles. The Labute approximate surface area is 155 Å². The highest BCUT2D eigenvalue weighted by molar-refractivity contribution is 8.00. The van der Waals surface area contributed by atoms with E-state index in [9.17, 15) is 9.59 Å². The van der Waals surface area contributed by atoms with E-state index in [0.717, 1.165) is 10.5 Å². The lowest BCUT2D eigenvalue weighted by Crippen LogP contribution is -2.38. The minimum absolute atomic E-state index is 0.0343. The Balaban J connectivity index is 1.49. The predicted molar refractivity (Wildman–Crippen MR) is 98.4 cm³/mol. The van der Waals surface area contributed by atoms with Gasteiger partial charge in [-0.05, 0) is 23.8 Å². The molecule has 1 N–H and O–H groups in total. The summed E-state index contributed by atoms with van der Waals surface area (Å²) in [4.78, 5) is 31.0. The van der Waals surface area contributed by atoms with Crippen LogP contribution in [0.15, 0.2) is 53.7 Å². The molecule has 0 bridgehead atoms. The number of thioether (sulfide) groups is 1. The van der Waals surface area contributed by atoms with Gasteiger partial charge in [0.05, 0.1) is 11.8 Å². The third kappa shape index (κ3) is 4.96. The average Bonchev–Trinajstić information content (AvgIpc) is 2.95. The van der Waals surface area contributed by atoms with Gasteiger partial charge in [0.1, 0.15) is 0 Å². The first-order valence-corrected chi connectivity index (χ1v) is 9.31. The Morgan fingerprint density at radius 3 is 2.80 bits per heavy atom. The third-order valence-corrected chi connectivity index (χ3v) is 5.30. The largest absolute Gasteiger partial charge is 0.350 e. The SMILES string of the molecule is O=C(CSc1ccncc1)N[C@@H]1CC(=O)N(Cc2ccccc2Cl)C1. The molecule has 2 amide bonds. The highest BCUT2D eigenvalue weighted by atomic mass is 35.5. The van der Waals surface area contributed by atoms with Gasteiger partial charge < -0.3 is 10.2 Å². The number of pyridine rings is 1. The zero-order valence-corrected chi connectivity index (χ0v) is 15.1. The number of likely N-dealkylation sites (tertiary alicyclic amines) is 1.